The van der Waals surface area contributed by atoms with Gasteiger partial charge in [-0.25, -0.2) is 24.7 Å². The van der Waals surface area contributed by atoms with Crippen LogP contribution in [0.2, 0.25) is 0 Å². The zero-order chi connectivity index (χ0) is 19.3. The third-order valence-electron chi connectivity index (χ3n) is 3.89. The van der Waals surface area contributed by atoms with Gasteiger partial charge in [-0.3, -0.25) is 0 Å². The monoisotopic (exact) mass is 392 g/mol. The Morgan fingerprint density at radius 1 is 1.07 bits per heavy atom. The number of carbonyl (C=O) groups is 1. The number of aromatic nitrogens is 6. The smallest absolute Gasteiger partial charge is 0.319 e. The zero-order valence-electron chi connectivity index (χ0n) is 14.9. The molecule has 0 unspecified atom stereocenters. The Morgan fingerprint density at radius 3 is 2.68 bits per heavy atom. The molecule has 3 heterocycles. The van der Waals surface area contributed by atoms with Gasteiger partial charge in [0.2, 0.25) is 0 Å². The van der Waals surface area contributed by atoms with Gasteiger partial charge in [-0.2, -0.15) is 9.78 Å². The molecule has 3 aromatic heterocycles. The molecule has 1 atom stereocenters. The highest BCUT2D eigenvalue weighted by Gasteiger charge is 2.18. The van der Waals surface area contributed by atoms with Crippen molar-refractivity contribution in [1.82, 2.24) is 35.0 Å². The fourth-order valence-corrected chi connectivity index (χ4v) is 3.33. The van der Waals surface area contributed by atoms with E-state index < -0.39 is 6.04 Å². The Balaban J connectivity index is 1.50. The minimum atomic E-state index is -0.418. The predicted molar refractivity (Wildman–Crippen MR) is 105 cm³/mol. The number of benzene rings is 1. The van der Waals surface area contributed by atoms with Gasteiger partial charge in [0.25, 0.3) is 5.95 Å². The Bertz CT molecular complexity index is 1060. The van der Waals surface area contributed by atoms with Crippen LogP contribution in [0.4, 0.5) is 10.5 Å². The molecule has 0 saturated carbocycles. The molecule has 1 aromatic carbocycles. The molecule has 4 rings (SSSR count). The van der Waals surface area contributed by atoms with Gasteiger partial charge >= 0.3 is 6.03 Å². The molecule has 0 fully saturated rings. The van der Waals surface area contributed by atoms with Crippen LogP contribution >= 0.6 is 11.3 Å². The second-order valence-electron chi connectivity index (χ2n) is 5.78. The topological polar surface area (TPSA) is 111 Å². The lowest BCUT2D eigenvalue weighted by atomic mass is 10.2. The summed E-state index contributed by atoms with van der Waals surface area (Å²) >= 11 is 1.51. The van der Waals surface area contributed by atoms with Gasteiger partial charge < -0.3 is 10.6 Å². The van der Waals surface area contributed by atoms with Gasteiger partial charge in [0.1, 0.15) is 11.3 Å². The SMILES string of the molecule is C[C@H](NC(=O)Nc1ccccc1-c1nccs1)c1ncnn1-c1ncccn1. The molecule has 140 valence electrons. The number of hydrogen-bond acceptors (Lipinski definition) is 7. The number of para-hydroxylation sites is 1. The van der Waals surface area contributed by atoms with Crippen LogP contribution in [0.1, 0.15) is 18.8 Å². The van der Waals surface area contributed by atoms with Crippen molar-refractivity contribution in [1.29, 1.82) is 0 Å². The predicted octanol–water partition coefficient (Wildman–Crippen LogP) is 3.06. The summed E-state index contributed by atoms with van der Waals surface area (Å²) < 4.78 is 1.49. The molecule has 0 bridgehead atoms. The van der Waals surface area contributed by atoms with Crippen molar-refractivity contribution in [2.45, 2.75) is 13.0 Å². The summed E-state index contributed by atoms with van der Waals surface area (Å²) in [4.78, 5) is 29.4. The molecule has 10 heteroatoms. The Kier molecular flexibility index (Phi) is 5.02. The highest BCUT2D eigenvalue weighted by molar-refractivity contribution is 7.13. The largest absolute Gasteiger partial charge is 0.328 e. The minimum absolute atomic E-state index is 0.361. The van der Waals surface area contributed by atoms with Gasteiger partial charge in [-0.1, -0.05) is 12.1 Å². The number of hydrogen-bond donors (Lipinski definition) is 2. The van der Waals surface area contributed by atoms with E-state index in [0.717, 1.165) is 10.6 Å². The molecular weight excluding hydrogens is 376 g/mol. The standard InChI is InChI=1S/C18H16N8OS/c1-12(15-22-11-23-26(15)17-20-7-4-8-21-17)24-18(27)25-14-6-3-2-5-13(14)16-19-9-10-28-16/h2-12H,1H3,(H2,24,25,27)/t12-/m0/s1. The summed E-state index contributed by atoms with van der Waals surface area (Å²) in [6.07, 6.45) is 6.37. The first-order valence-electron chi connectivity index (χ1n) is 8.46. The first kappa shape index (κ1) is 17.7. The van der Waals surface area contributed by atoms with Gasteiger partial charge in [0.05, 0.1) is 11.7 Å². The van der Waals surface area contributed by atoms with Crippen molar-refractivity contribution in [2.24, 2.45) is 0 Å². The second kappa shape index (κ2) is 7.92. The third-order valence-corrected chi connectivity index (χ3v) is 4.69. The van der Waals surface area contributed by atoms with Crippen molar-refractivity contribution >= 4 is 23.1 Å². The number of carbonyl (C=O) groups excluding carboxylic acids is 1. The zero-order valence-corrected chi connectivity index (χ0v) is 15.7. The molecule has 4 aromatic rings. The molecule has 28 heavy (non-hydrogen) atoms. The quantitative estimate of drug-likeness (QED) is 0.540. The molecule has 2 N–H and O–H groups in total. The number of urea groups is 1. The fourth-order valence-electron chi connectivity index (χ4n) is 2.66. The van der Waals surface area contributed by atoms with Gasteiger partial charge in [0.15, 0.2) is 5.82 Å². The average Bonchev–Trinajstić information content (AvgIpc) is 3.41. The van der Waals surface area contributed by atoms with Crippen LogP contribution in [0.15, 0.2) is 60.6 Å². The van der Waals surface area contributed by atoms with E-state index in [1.807, 2.05) is 36.6 Å². The van der Waals surface area contributed by atoms with Crippen LogP contribution in [0, 0.1) is 0 Å². The summed E-state index contributed by atoms with van der Waals surface area (Å²) in [5.74, 6) is 0.910. The van der Waals surface area contributed by atoms with Gasteiger partial charge in [-0.05, 0) is 25.1 Å². The van der Waals surface area contributed by atoms with E-state index in [-0.39, 0.29) is 6.03 Å². The Labute approximate surface area is 164 Å². The van der Waals surface area contributed by atoms with E-state index in [2.05, 4.69) is 35.7 Å². The van der Waals surface area contributed by atoms with E-state index >= 15 is 0 Å². The van der Waals surface area contributed by atoms with Crippen LogP contribution in [0.25, 0.3) is 16.5 Å². The third kappa shape index (κ3) is 3.71. The Morgan fingerprint density at radius 2 is 1.89 bits per heavy atom. The van der Waals surface area contributed by atoms with Crippen LogP contribution < -0.4 is 10.6 Å². The second-order valence-corrected chi connectivity index (χ2v) is 6.68. The molecule has 2 amide bonds. The Hall–Kier alpha value is -3.66. The summed E-state index contributed by atoms with van der Waals surface area (Å²) in [6, 6.07) is 8.46. The summed E-state index contributed by atoms with van der Waals surface area (Å²) in [6.45, 7) is 1.82. The lowest BCUT2D eigenvalue weighted by Crippen LogP contribution is -2.32. The highest BCUT2D eigenvalue weighted by atomic mass is 32.1. The van der Waals surface area contributed by atoms with Crippen molar-refractivity contribution in [3.05, 3.63) is 66.5 Å². The first-order valence-corrected chi connectivity index (χ1v) is 9.34. The molecule has 9 nitrogen and oxygen atoms in total. The molecule has 0 aliphatic rings. The van der Waals surface area contributed by atoms with E-state index in [4.69, 9.17) is 0 Å². The van der Waals surface area contributed by atoms with E-state index in [1.165, 1.54) is 22.3 Å². The lowest BCUT2D eigenvalue weighted by Gasteiger charge is -2.15. The number of rotatable bonds is 5. The molecule has 0 saturated heterocycles. The maximum Gasteiger partial charge on any atom is 0.319 e. The van der Waals surface area contributed by atoms with Crippen molar-refractivity contribution in [2.75, 3.05) is 5.32 Å². The van der Waals surface area contributed by atoms with Crippen LogP contribution in [0.5, 0.6) is 0 Å². The van der Waals surface area contributed by atoms with Crippen LogP contribution in [-0.4, -0.2) is 35.7 Å². The maximum atomic E-state index is 12.6. The van der Waals surface area contributed by atoms with Crippen LogP contribution in [0.3, 0.4) is 0 Å². The molecule has 0 radical (unpaired) electrons. The van der Waals surface area contributed by atoms with Gasteiger partial charge in [0, 0.05) is 29.5 Å². The normalized spacial score (nSPS) is 11.8. The lowest BCUT2D eigenvalue weighted by molar-refractivity contribution is 0.248. The number of anilines is 1. The highest BCUT2D eigenvalue weighted by Crippen LogP contribution is 2.29. The molecule has 0 aliphatic heterocycles. The van der Waals surface area contributed by atoms with Crippen molar-refractivity contribution in [3.63, 3.8) is 0 Å². The number of nitrogens with zero attached hydrogens (tertiary/aromatic N) is 6. The molecule has 0 aliphatic carbocycles. The van der Waals surface area contributed by atoms with E-state index in [1.54, 1.807) is 24.7 Å². The number of thiazole rings is 1. The van der Waals surface area contributed by atoms with Crippen molar-refractivity contribution < 1.29 is 4.79 Å². The van der Waals surface area contributed by atoms with E-state index in [0.29, 0.717) is 17.5 Å². The average molecular weight is 392 g/mol. The number of nitrogens with one attached hydrogen (secondary N) is 2. The fraction of sp³-hybridized carbons (Fsp3) is 0.111. The molecular formula is C18H16N8OS. The summed E-state index contributed by atoms with van der Waals surface area (Å²) in [7, 11) is 0. The van der Waals surface area contributed by atoms with Crippen LogP contribution in [-0.2, 0) is 0 Å². The van der Waals surface area contributed by atoms with E-state index in [9.17, 15) is 4.79 Å². The summed E-state index contributed by atoms with van der Waals surface area (Å²) in [5.41, 5.74) is 1.54. The molecule has 0 spiro atoms. The van der Waals surface area contributed by atoms with Crippen molar-refractivity contribution in [3.8, 4) is 16.5 Å². The van der Waals surface area contributed by atoms with Gasteiger partial charge in [-0.15, -0.1) is 11.3 Å². The number of amides is 2. The first-order chi connectivity index (χ1) is 13.7. The minimum Gasteiger partial charge on any atom is -0.328 e. The summed E-state index contributed by atoms with van der Waals surface area (Å²) in [5, 5.41) is 12.6. The maximum absolute atomic E-state index is 12.6.